The lowest BCUT2D eigenvalue weighted by atomic mass is 9.94. The number of halogens is 3. The molecule has 0 aliphatic carbocycles. The Morgan fingerprint density at radius 2 is 1.77 bits per heavy atom. The lowest BCUT2D eigenvalue weighted by molar-refractivity contribution is -0.137. The fourth-order valence-corrected chi connectivity index (χ4v) is 4.94. The maximum absolute atomic E-state index is 13.6. The summed E-state index contributed by atoms with van der Waals surface area (Å²) in [6.45, 7) is 3.38. The van der Waals surface area contributed by atoms with E-state index in [1.54, 1.807) is 38.1 Å². The van der Waals surface area contributed by atoms with E-state index in [0.717, 1.165) is 34.1 Å². The SMILES string of the molecule is Cc1nc(C)c(C(=O)C2=C(O)C(=O)N(c3cccc(C(F)(F)F)c3)C2c2ccc(N(C)C)cc2)s1. The van der Waals surface area contributed by atoms with Crippen LogP contribution < -0.4 is 9.80 Å². The molecule has 2 heterocycles. The predicted octanol–water partition coefficient (Wildman–Crippen LogP) is 5.63. The van der Waals surface area contributed by atoms with Gasteiger partial charge in [-0.25, -0.2) is 4.98 Å². The summed E-state index contributed by atoms with van der Waals surface area (Å²) >= 11 is 1.13. The number of thiazole rings is 1. The average molecular weight is 502 g/mol. The van der Waals surface area contributed by atoms with Gasteiger partial charge in [0.05, 0.1) is 32.8 Å². The van der Waals surface area contributed by atoms with Crippen LogP contribution in [0.25, 0.3) is 0 Å². The first-order valence-corrected chi connectivity index (χ1v) is 11.4. The van der Waals surface area contributed by atoms with Gasteiger partial charge in [0, 0.05) is 25.5 Å². The van der Waals surface area contributed by atoms with Crippen molar-refractivity contribution in [1.82, 2.24) is 4.98 Å². The normalized spacial score (nSPS) is 16.3. The highest BCUT2D eigenvalue weighted by Crippen LogP contribution is 2.44. The number of hydrogen-bond donors (Lipinski definition) is 1. The van der Waals surface area contributed by atoms with E-state index in [0.29, 0.717) is 16.3 Å². The molecule has 2 aromatic carbocycles. The molecule has 0 radical (unpaired) electrons. The van der Waals surface area contributed by atoms with Gasteiger partial charge in [-0.1, -0.05) is 18.2 Å². The summed E-state index contributed by atoms with van der Waals surface area (Å²) in [7, 11) is 3.69. The zero-order valence-corrected chi connectivity index (χ0v) is 20.2. The van der Waals surface area contributed by atoms with Crippen molar-refractivity contribution < 1.29 is 27.9 Å². The second-order valence-corrected chi connectivity index (χ2v) is 9.55. The van der Waals surface area contributed by atoms with Crippen molar-refractivity contribution in [3.63, 3.8) is 0 Å². The minimum Gasteiger partial charge on any atom is -0.503 e. The highest BCUT2D eigenvalue weighted by atomic mass is 32.1. The molecule has 1 N–H and O–H groups in total. The molecule has 1 atom stereocenters. The number of ketones is 1. The molecule has 182 valence electrons. The molecule has 0 bridgehead atoms. The Morgan fingerprint density at radius 3 is 2.31 bits per heavy atom. The lowest BCUT2D eigenvalue weighted by Crippen LogP contribution is -2.31. The summed E-state index contributed by atoms with van der Waals surface area (Å²) in [5.41, 5.74) is 0.531. The van der Waals surface area contributed by atoms with E-state index in [1.165, 1.54) is 12.1 Å². The van der Waals surface area contributed by atoms with Gasteiger partial charge in [0.2, 0.25) is 5.78 Å². The van der Waals surface area contributed by atoms with Gasteiger partial charge in [0.15, 0.2) is 5.76 Å². The van der Waals surface area contributed by atoms with Crippen LogP contribution >= 0.6 is 11.3 Å². The zero-order chi connectivity index (χ0) is 25.7. The van der Waals surface area contributed by atoms with Crippen LogP contribution in [-0.2, 0) is 11.0 Å². The Kier molecular flexibility index (Phi) is 6.18. The van der Waals surface area contributed by atoms with Gasteiger partial charge in [-0.05, 0) is 49.7 Å². The van der Waals surface area contributed by atoms with E-state index in [1.807, 2.05) is 19.0 Å². The Labute approximate surface area is 203 Å². The molecule has 1 aliphatic heterocycles. The Morgan fingerprint density at radius 1 is 1.11 bits per heavy atom. The van der Waals surface area contributed by atoms with Crippen molar-refractivity contribution in [2.75, 3.05) is 23.9 Å². The lowest BCUT2D eigenvalue weighted by Gasteiger charge is -2.28. The minimum absolute atomic E-state index is 0.0851. The molecular formula is C25H22F3N3O3S. The first kappa shape index (κ1) is 24.5. The average Bonchev–Trinajstić information content (AvgIpc) is 3.28. The third-order valence-corrected chi connectivity index (χ3v) is 6.81. The van der Waals surface area contributed by atoms with Crippen molar-refractivity contribution in [3.05, 3.63) is 86.6 Å². The Bertz CT molecular complexity index is 1340. The number of alkyl halides is 3. The quantitative estimate of drug-likeness (QED) is 0.459. The number of aromatic nitrogens is 1. The van der Waals surface area contributed by atoms with E-state index < -0.39 is 35.2 Å². The number of aryl methyl sites for hydroxylation is 2. The number of aliphatic hydroxyl groups excluding tert-OH is 1. The number of rotatable bonds is 5. The molecule has 1 aliphatic rings. The van der Waals surface area contributed by atoms with Crippen LogP contribution in [0.15, 0.2) is 59.9 Å². The minimum atomic E-state index is -4.63. The summed E-state index contributed by atoms with van der Waals surface area (Å²) in [6, 6.07) is 10.0. The molecular weight excluding hydrogens is 479 g/mol. The van der Waals surface area contributed by atoms with Crippen molar-refractivity contribution in [2.45, 2.75) is 26.1 Å². The third kappa shape index (κ3) is 4.41. The van der Waals surface area contributed by atoms with Crippen LogP contribution in [0, 0.1) is 13.8 Å². The number of anilines is 2. The third-order valence-electron chi connectivity index (χ3n) is 5.74. The molecule has 4 rings (SSSR count). The Hall–Kier alpha value is -3.66. The monoisotopic (exact) mass is 501 g/mol. The summed E-state index contributed by atoms with van der Waals surface area (Å²) in [5.74, 6) is -2.33. The number of carbonyl (C=O) groups excluding carboxylic acids is 2. The molecule has 0 saturated carbocycles. The number of nitrogens with zero attached hydrogens (tertiary/aromatic N) is 3. The van der Waals surface area contributed by atoms with Gasteiger partial charge in [-0.3, -0.25) is 14.5 Å². The first-order valence-electron chi connectivity index (χ1n) is 10.6. The van der Waals surface area contributed by atoms with Crippen molar-refractivity contribution in [3.8, 4) is 0 Å². The fourth-order valence-electron chi connectivity index (χ4n) is 4.07. The van der Waals surface area contributed by atoms with E-state index in [9.17, 15) is 27.9 Å². The van der Waals surface area contributed by atoms with Crippen molar-refractivity contribution in [2.24, 2.45) is 0 Å². The van der Waals surface area contributed by atoms with Gasteiger partial charge in [-0.2, -0.15) is 13.2 Å². The number of hydrogen-bond acceptors (Lipinski definition) is 6. The molecule has 35 heavy (non-hydrogen) atoms. The van der Waals surface area contributed by atoms with Crippen LogP contribution in [0.2, 0.25) is 0 Å². The van der Waals surface area contributed by atoms with Crippen molar-refractivity contribution in [1.29, 1.82) is 0 Å². The smallest absolute Gasteiger partial charge is 0.416 e. The zero-order valence-electron chi connectivity index (χ0n) is 19.3. The van der Waals surface area contributed by atoms with Gasteiger partial charge >= 0.3 is 6.18 Å². The van der Waals surface area contributed by atoms with Crippen LogP contribution in [-0.4, -0.2) is 35.9 Å². The first-order chi connectivity index (χ1) is 16.4. The van der Waals surface area contributed by atoms with E-state index in [2.05, 4.69) is 4.98 Å². The largest absolute Gasteiger partial charge is 0.503 e. The number of benzene rings is 2. The van der Waals surface area contributed by atoms with E-state index >= 15 is 0 Å². The highest BCUT2D eigenvalue weighted by Gasteiger charge is 2.46. The summed E-state index contributed by atoms with van der Waals surface area (Å²) in [4.78, 5) is 34.2. The summed E-state index contributed by atoms with van der Waals surface area (Å²) in [5, 5.41) is 11.5. The standard InChI is InChI=1S/C25H22F3N3O3S/c1-13-23(35-14(2)29-13)21(32)19-20(15-8-10-17(11-9-15)30(3)4)31(24(34)22(19)33)18-7-5-6-16(12-18)25(26,27)28/h5-12,20,33H,1-4H3. The fraction of sp³-hybridized carbons (Fsp3) is 0.240. The predicted molar refractivity (Wildman–Crippen MR) is 128 cm³/mol. The van der Waals surface area contributed by atoms with Gasteiger partial charge < -0.3 is 10.0 Å². The molecule has 1 unspecified atom stereocenters. The summed E-state index contributed by atoms with van der Waals surface area (Å²) < 4.78 is 40.2. The van der Waals surface area contributed by atoms with E-state index in [4.69, 9.17) is 0 Å². The number of carbonyl (C=O) groups is 2. The molecule has 0 saturated heterocycles. The van der Waals surface area contributed by atoms with Gasteiger partial charge in [0.1, 0.15) is 0 Å². The van der Waals surface area contributed by atoms with Crippen LogP contribution in [0.4, 0.5) is 24.5 Å². The van der Waals surface area contributed by atoms with Crippen LogP contribution in [0.1, 0.15) is 37.5 Å². The summed E-state index contributed by atoms with van der Waals surface area (Å²) in [6.07, 6.45) is -4.63. The van der Waals surface area contributed by atoms with Crippen LogP contribution in [0.3, 0.4) is 0 Å². The molecule has 1 amide bonds. The number of Topliss-reactive ketones (excluding diaryl/α,β-unsaturated/α-hetero) is 1. The second-order valence-electron chi connectivity index (χ2n) is 8.35. The van der Waals surface area contributed by atoms with Crippen molar-refractivity contribution >= 4 is 34.4 Å². The molecule has 3 aromatic rings. The van der Waals surface area contributed by atoms with Gasteiger partial charge in [0.25, 0.3) is 5.91 Å². The van der Waals surface area contributed by atoms with Gasteiger partial charge in [-0.15, -0.1) is 11.3 Å². The highest BCUT2D eigenvalue weighted by molar-refractivity contribution is 7.14. The topological polar surface area (TPSA) is 73.7 Å². The molecule has 1 aromatic heterocycles. The maximum Gasteiger partial charge on any atom is 0.416 e. The molecule has 0 fully saturated rings. The molecule has 0 spiro atoms. The Balaban J connectivity index is 1.89. The number of aliphatic hydroxyl groups is 1. The van der Waals surface area contributed by atoms with Crippen LogP contribution in [0.5, 0.6) is 0 Å². The molecule has 6 nitrogen and oxygen atoms in total. The molecule has 10 heteroatoms. The maximum atomic E-state index is 13.6. The van der Waals surface area contributed by atoms with E-state index in [-0.39, 0.29) is 16.1 Å². The number of amides is 1. The second kappa shape index (κ2) is 8.84.